The van der Waals surface area contributed by atoms with Gasteiger partial charge in [0.15, 0.2) is 5.82 Å². The van der Waals surface area contributed by atoms with Gasteiger partial charge in [0.05, 0.1) is 5.69 Å². The van der Waals surface area contributed by atoms with E-state index in [-0.39, 0.29) is 0 Å². The van der Waals surface area contributed by atoms with E-state index in [9.17, 15) is 0 Å². The lowest BCUT2D eigenvalue weighted by Crippen LogP contribution is -1.94. The summed E-state index contributed by atoms with van der Waals surface area (Å²) in [6, 6.07) is 65.0. The number of aromatic nitrogens is 2. The first-order chi connectivity index (χ1) is 25.3. The highest BCUT2D eigenvalue weighted by atomic mass is 32.1. The van der Waals surface area contributed by atoms with Crippen LogP contribution in [0, 0.1) is 0 Å². The quantitative estimate of drug-likeness (QED) is 0.183. The molecule has 0 amide bonds. The maximum absolute atomic E-state index is 5.42. The first-order valence-corrected chi connectivity index (χ1v) is 18.1. The van der Waals surface area contributed by atoms with Gasteiger partial charge < -0.3 is 0 Å². The third-order valence-electron chi connectivity index (χ3n) is 9.91. The van der Waals surface area contributed by atoms with E-state index in [1.165, 1.54) is 54.1 Å². The SMILES string of the molecule is c1ccc(-c2ccc(-c3cccc(-c4cccc(-c5nc(-c6cccc7ccccc67)nc6sc7c8ccccc8ccc7c56)c4)c3)cc2)cc1. The molecule has 0 N–H and O–H groups in total. The smallest absolute Gasteiger partial charge is 0.162 e. The molecule has 10 rings (SSSR count). The summed E-state index contributed by atoms with van der Waals surface area (Å²) in [7, 11) is 0. The fourth-order valence-corrected chi connectivity index (χ4v) is 8.57. The van der Waals surface area contributed by atoms with Crippen molar-refractivity contribution in [3.8, 4) is 56.0 Å². The van der Waals surface area contributed by atoms with E-state index in [4.69, 9.17) is 9.97 Å². The number of benzene rings is 8. The summed E-state index contributed by atoms with van der Waals surface area (Å²) in [4.78, 5) is 11.7. The van der Waals surface area contributed by atoms with Crippen molar-refractivity contribution >= 4 is 53.2 Å². The molecule has 8 aromatic carbocycles. The van der Waals surface area contributed by atoms with Crippen LogP contribution in [-0.2, 0) is 0 Å². The van der Waals surface area contributed by atoms with Crippen LogP contribution in [0.2, 0.25) is 0 Å². The molecular formula is C48H30N2S. The highest BCUT2D eigenvalue weighted by molar-refractivity contribution is 7.26. The van der Waals surface area contributed by atoms with Gasteiger partial charge in [0.2, 0.25) is 0 Å². The number of hydrogen-bond acceptors (Lipinski definition) is 3. The second-order valence-electron chi connectivity index (χ2n) is 13.0. The van der Waals surface area contributed by atoms with Crippen LogP contribution < -0.4 is 0 Å². The van der Waals surface area contributed by atoms with Crippen molar-refractivity contribution in [3.05, 3.63) is 182 Å². The number of hydrogen-bond donors (Lipinski definition) is 0. The minimum Gasteiger partial charge on any atom is -0.227 e. The van der Waals surface area contributed by atoms with Gasteiger partial charge in [0.1, 0.15) is 4.83 Å². The molecule has 0 saturated carbocycles. The Morgan fingerprint density at radius 1 is 0.353 bits per heavy atom. The van der Waals surface area contributed by atoms with Gasteiger partial charge >= 0.3 is 0 Å². The van der Waals surface area contributed by atoms with E-state index in [0.717, 1.165) is 43.8 Å². The summed E-state index contributed by atoms with van der Waals surface area (Å²) in [5, 5.41) is 7.11. The molecule has 0 fully saturated rings. The van der Waals surface area contributed by atoms with Crippen molar-refractivity contribution in [2.45, 2.75) is 0 Å². The molecule has 0 aliphatic rings. The van der Waals surface area contributed by atoms with Gasteiger partial charge in [-0.2, -0.15) is 0 Å². The van der Waals surface area contributed by atoms with Gasteiger partial charge in [-0.3, -0.25) is 0 Å². The standard InChI is InChI=1S/C48H30N2S/c1-2-11-31(12-3-1)32-23-25-33(26-24-32)36-16-8-17-37(29-36)38-18-9-19-39(30-38)45-44-43-28-27-35-14-5-7-21-41(35)46(43)51-48(44)50-47(49-45)42-22-10-15-34-13-4-6-20-40(34)42/h1-30H. The Morgan fingerprint density at radius 3 is 1.65 bits per heavy atom. The molecule has 2 nitrogen and oxygen atoms in total. The lowest BCUT2D eigenvalue weighted by atomic mass is 9.95. The van der Waals surface area contributed by atoms with Crippen LogP contribution in [0.5, 0.6) is 0 Å². The summed E-state index contributed by atoms with van der Waals surface area (Å²) in [5.74, 6) is 0.747. The van der Waals surface area contributed by atoms with Crippen molar-refractivity contribution < 1.29 is 0 Å². The van der Waals surface area contributed by atoms with Crippen molar-refractivity contribution in [2.75, 3.05) is 0 Å². The van der Waals surface area contributed by atoms with Crippen LogP contribution in [0.15, 0.2) is 182 Å². The van der Waals surface area contributed by atoms with E-state index in [1.807, 2.05) is 0 Å². The molecule has 3 heteroatoms. The third kappa shape index (κ3) is 5.18. The van der Waals surface area contributed by atoms with Gasteiger partial charge in [0, 0.05) is 26.6 Å². The summed E-state index contributed by atoms with van der Waals surface area (Å²) in [5.41, 5.74) is 10.2. The highest BCUT2D eigenvalue weighted by Crippen LogP contribution is 2.43. The Bertz CT molecular complexity index is 2900. The highest BCUT2D eigenvalue weighted by Gasteiger charge is 2.19. The average Bonchev–Trinajstić information content (AvgIpc) is 3.60. The number of fused-ring (bicyclic) bond motifs is 6. The van der Waals surface area contributed by atoms with Gasteiger partial charge in [0.25, 0.3) is 0 Å². The minimum absolute atomic E-state index is 0.747. The third-order valence-corrected chi connectivity index (χ3v) is 11.0. The second kappa shape index (κ2) is 12.2. The Labute approximate surface area is 300 Å². The maximum Gasteiger partial charge on any atom is 0.162 e. The fraction of sp³-hybridized carbons (Fsp3) is 0. The average molecular weight is 667 g/mol. The monoisotopic (exact) mass is 666 g/mol. The van der Waals surface area contributed by atoms with Gasteiger partial charge in [-0.25, -0.2) is 9.97 Å². The molecule has 2 heterocycles. The Kier molecular flexibility index (Phi) is 7.04. The van der Waals surface area contributed by atoms with E-state index < -0.39 is 0 Å². The largest absolute Gasteiger partial charge is 0.227 e. The van der Waals surface area contributed by atoms with Crippen LogP contribution >= 0.6 is 11.3 Å². The van der Waals surface area contributed by atoms with E-state index in [1.54, 1.807) is 11.3 Å². The van der Waals surface area contributed by atoms with E-state index in [2.05, 4.69) is 182 Å². The van der Waals surface area contributed by atoms with Crippen LogP contribution in [0.1, 0.15) is 0 Å². The van der Waals surface area contributed by atoms with Gasteiger partial charge in [-0.05, 0) is 67.1 Å². The normalized spacial score (nSPS) is 11.5. The lowest BCUT2D eigenvalue weighted by Gasteiger charge is -2.12. The Balaban J connectivity index is 1.13. The van der Waals surface area contributed by atoms with Crippen LogP contribution in [0.3, 0.4) is 0 Å². The Hall–Kier alpha value is -6.42. The molecule has 238 valence electrons. The zero-order valence-electron chi connectivity index (χ0n) is 27.6. The number of thiophene rings is 1. The molecule has 10 aromatic rings. The molecule has 51 heavy (non-hydrogen) atoms. The molecule has 0 saturated heterocycles. The first-order valence-electron chi connectivity index (χ1n) is 17.2. The topological polar surface area (TPSA) is 25.8 Å². The second-order valence-corrected chi connectivity index (χ2v) is 14.0. The van der Waals surface area contributed by atoms with E-state index >= 15 is 0 Å². The van der Waals surface area contributed by atoms with Crippen LogP contribution in [0.4, 0.5) is 0 Å². The molecule has 0 radical (unpaired) electrons. The maximum atomic E-state index is 5.42. The lowest BCUT2D eigenvalue weighted by molar-refractivity contribution is 1.25. The molecule has 0 bridgehead atoms. The van der Waals surface area contributed by atoms with Crippen molar-refractivity contribution in [1.29, 1.82) is 0 Å². The predicted molar refractivity (Wildman–Crippen MR) is 217 cm³/mol. The Morgan fingerprint density at radius 2 is 0.882 bits per heavy atom. The van der Waals surface area contributed by atoms with Gasteiger partial charge in [-0.15, -0.1) is 11.3 Å². The molecule has 0 aliphatic heterocycles. The summed E-state index contributed by atoms with van der Waals surface area (Å²) < 4.78 is 1.25. The molecule has 0 aliphatic carbocycles. The predicted octanol–water partition coefficient (Wildman–Crippen LogP) is 13.5. The fourth-order valence-electron chi connectivity index (χ4n) is 7.36. The van der Waals surface area contributed by atoms with Crippen LogP contribution in [0.25, 0.3) is 97.9 Å². The zero-order chi connectivity index (χ0) is 33.7. The van der Waals surface area contributed by atoms with Crippen molar-refractivity contribution in [1.82, 2.24) is 9.97 Å². The molecule has 0 spiro atoms. The summed E-state index contributed by atoms with van der Waals surface area (Å²) in [6.07, 6.45) is 0. The number of rotatable bonds is 5. The zero-order valence-corrected chi connectivity index (χ0v) is 28.4. The summed E-state index contributed by atoms with van der Waals surface area (Å²) >= 11 is 1.76. The van der Waals surface area contributed by atoms with E-state index in [0.29, 0.717) is 0 Å². The van der Waals surface area contributed by atoms with Crippen molar-refractivity contribution in [3.63, 3.8) is 0 Å². The molecule has 0 unspecified atom stereocenters. The minimum atomic E-state index is 0.747. The molecular weight excluding hydrogens is 637 g/mol. The summed E-state index contributed by atoms with van der Waals surface area (Å²) in [6.45, 7) is 0. The molecule has 2 aromatic heterocycles. The molecule has 0 atom stereocenters. The van der Waals surface area contributed by atoms with Gasteiger partial charge in [-0.1, -0.05) is 170 Å². The van der Waals surface area contributed by atoms with Crippen molar-refractivity contribution in [2.24, 2.45) is 0 Å². The first kappa shape index (κ1) is 29.5. The number of nitrogens with zero attached hydrogens (tertiary/aromatic N) is 2. The van der Waals surface area contributed by atoms with Crippen LogP contribution in [-0.4, -0.2) is 9.97 Å².